The van der Waals surface area contributed by atoms with E-state index in [2.05, 4.69) is 10.7 Å². The number of pyridine rings is 1. The van der Waals surface area contributed by atoms with Gasteiger partial charge in [0, 0.05) is 6.20 Å². The second kappa shape index (κ2) is 4.82. The minimum atomic E-state index is -4.39. The van der Waals surface area contributed by atoms with Gasteiger partial charge >= 0.3 is 6.18 Å². The Morgan fingerprint density at radius 1 is 1.43 bits per heavy atom. The number of alkyl halides is 3. The summed E-state index contributed by atoms with van der Waals surface area (Å²) in [5.74, 6) is 0. The lowest BCUT2D eigenvalue weighted by Gasteiger charge is -2.06. The maximum absolute atomic E-state index is 12.1. The van der Waals surface area contributed by atoms with E-state index in [0.29, 0.717) is 5.69 Å². The fourth-order valence-electron chi connectivity index (χ4n) is 0.805. The van der Waals surface area contributed by atoms with Crippen LogP contribution in [0.2, 0.25) is 5.02 Å². The molecule has 0 aliphatic heterocycles. The molecule has 14 heavy (non-hydrogen) atoms. The molecule has 0 saturated heterocycles. The van der Waals surface area contributed by atoms with Gasteiger partial charge in [0.1, 0.15) is 12.2 Å². The molecule has 0 fully saturated rings. The van der Waals surface area contributed by atoms with Gasteiger partial charge in [-0.2, -0.15) is 13.2 Å². The highest BCUT2D eigenvalue weighted by atomic mass is 35.5. The predicted octanol–water partition coefficient (Wildman–Crippen LogP) is 1.92. The highest BCUT2D eigenvalue weighted by molar-refractivity contribution is 6.31. The van der Waals surface area contributed by atoms with E-state index in [-0.39, 0.29) is 24.0 Å². The Bertz CT molecular complexity index is 314. The molecular formula is C7H8Cl2F3N2+. The Balaban J connectivity index is 0.00000169. The van der Waals surface area contributed by atoms with Crippen molar-refractivity contribution in [1.29, 1.82) is 0 Å². The number of aromatic nitrogens is 1. The predicted molar refractivity (Wildman–Crippen MR) is 48.1 cm³/mol. The number of quaternary nitrogens is 1. The largest absolute Gasteiger partial charge is 0.417 e. The monoisotopic (exact) mass is 247 g/mol. The minimum absolute atomic E-state index is 0. The van der Waals surface area contributed by atoms with Crippen molar-refractivity contribution < 1.29 is 18.9 Å². The van der Waals surface area contributed by atoms with Crippen molar-refractivity contribution >= 4 is 24.0 Å². The van der Waals surface area contributed by atoms with E-state index >= 15 is 0 Å². The molecule has 1 heterocycles. The van der Waals surface area contributed by atoms with Gasteiger partial charge < -0.3 is 5.73 Å². The Kier molecular flexibility index (Phi) is 4.64. The summed E-state index contributed by atoms with van der Waals surface area (Å²) in [5.41, 5.74) is 3.01. The first-order valence-corrected chi connectivity index (χ1v) is 3.84. The van der Waals surface area contributed by atoms with Crippen molar-refractivity contribution in [2.75, 3.05) is 0 Å². The molecule has 1 aromatic rings. The van der Waals surface area contributed by atoms with Crippen LogP contribution in [-0.2, 0) is 12.7 Å². The van der Waals surface area contributed by atoms with Crippen LogP contribution in [0.1, 0.15) is 11.3 Å². The number of nitrogens with zero attached hydrogens (tertiary/aromatic N) is 1. The summed E-state index contributed by atoms with van der Waals surface area (Å²) in [7, 11) is 0. The number of hydrogen-bond donors (Lipinski definition) is 1. The van der Waals surface area contributed by atoms with E-state index in [0.717, 1.165) is 12.3 Å². The van der Waals surface area contributed by atoms with Crippen molar-refractivity contribution in [1.82, 2.24) is 4.98 Å². The number of halogens is 5. The third-order valence-electron chi connectivity index (χ3n) is 1.48. The third kappa shape index (κ3) is 3.01. The van der Waals surface area contributed by atoms with Gasteiger partial charge in [-0.15, -0.1) is 12.4 Å². The van der Waals surface area contributed by atoms with Gasteiger partial charge in [-0.1, -0.05) is 11.6 Å². The molecule has 7 heteroatoms. The van der Waals surface area contributed by atoms with Gasteiger partial charge in [-0.05, 0) is 6.07 Å². The summed E-state index contributed by atoms with van der Waals surface area (Å²) in [4.78, 5) is 3.55. The van der Waals surface area contributed by atoms with E-state index in [9.17, 15) is 13.2 Å². The summed E-state index contributed by atoms with van der Waals surface area (Å²) < 4.78 is 36.3. The molecule has 0 aromatic carbocycles. The van der Waals surface area contributed by atoms with Gasteiger partial charge in [0.2, 0.25) is 0 Å². The molecule has 0 unspecified atom stereocenters. The first-order valence-electron chi connectivity index (χ1n) is 3.46. The van der Waals surface area contributed by atoms with Crippen molar-refractivity contribution in [2.24, 2.45) is 0 Å². The summed E-state index contributed by atoms with van der Waals surface area (Å²) in [6.07, 6.45) is -3.64. The standard InChI is InChI=1S/C7H6ClF3N2.ClH/c8-5-1-4(7(9,10)11)3-13-6(5)2-12;/h1,3H,2,12H2;1H/p+1. The Hall–Kier alpha value is -0.520. The van der Waals surface area contributed by atoms with Gasteiger partial charge in [0.25, 0.3) is 0 Å². The highest BCUT2D eigenvalue weighted by Crippen LogP contribution is 2.30. The van der Waals surface area contributed by atoms with Crippen LogP contribution in [0.25, 0.3) is 0 Å². The Morgan fingerprint density at radius 3 is 2.36 bits per heavy atom. The zero-order valence-electron chi connectivity index (χ0n) is 6.94. The third-order valence-corrected chi connectivity index (χ3v) is 1.81. The average molecular weight is 248 g/mol. The van der Waals surface area contributed by atoms with Gasteiger partial charge in [0.05, 0.1) is 10.6 Å². The Labute approximate surface area is 89.7 Å². The van der Waals surface area contributed by atoms with Crippen LogP contribution in [0, 0.1) is 0 Å². The second-order valence-corrected chi connectivity index (χ2v) is 2.81. The molecule has 1 rings (SSSR count). The van der Waals surface area contributed by atoms with Crippen LogP contribution in [0.5, 0.6) is 0 Å². The molecule has 3 N–H and O–H groups in total. The first kappa shape index (κ1) is 13.5. The molecule has 1 aromatic heterocycles. The van der Waals surface area contributed by atoms with Crippen LogP contribution in [0.4, 0.5) is 13.2 Å². The average Bonchev–Trinajstić information content (AvgIpc) is 2.02. The van der Waals surface area contributed by atoms with Gasteiger partial charge in [0.15, 0.2) is 0 Å². The number of rotatable bonds is 1. The van der Waals surface area contributed by atoms with Gasteiger partial charge in [-0.25, -0.2) is 0 Å². The molecule has 0 saturated carbocycles. The summed E-state index contributed by atoms with van der Waals surface area (Å²) >= 11 is 5.53. The maximum atomic E-state index is 12.1. The van der Waals surface area contributed by atoms with E-state index in [4.69, 9.17) is 11.6 Å². The second-order valence-electron chi connectivity index (χ2n) is 2.40. The zero-order valence-corrected chi connectivity index (χ0v) is 8.51. The maximum Gasteiger partial charge on any atom is 0.417 e. The van der Waals surface area contributed by atoms with E-state index < -0.39 is 11.7 Å². The summed E-state index contributed by atoms with van der Waals surface area (Å²) in [5, 5.41) is 0.00447. The molecular weight excluding hydrogens is 240 g/mol. The van der Waals surface area contributed by atoms with Gasteiger partial charge in [-0.3, -0.25) is 4.98 Å². The Morgan fingerprint density at radius 2 is 2.00 bits per heavy atom. The topological polar surface area (TPSA) is 40.5 Å². The van der Waals surface area contributed by atoms with Crippen LogP contribution < -0.4 is 5.73 Å². The molecule has 0 bridgehead atoms. The zero-order chi connectivity index (χ0) is 10.1. The lowest BCUT2D eigenvalue weighted by Crippen LogP contribution is -2.48. The molecule has 2 nitrogen and oxygen atoms in total. The molecule has 0 amide bonds. The van der Waals surface area contributed by atoms with Crippen molar-refractivity contribution in [2.45, 2.75) is 12.7 Å². The fraction of sp³-hybridized carbons (Fsp3) is 0.286. The fourth-order valence-corrected chi connectivity index (χ4v) is 1.07. The molecule has 0 atom stereocenters. The summed E-state index contributed by atoms with van der Waals surface area (Å²) in [6, 6.07) is 0.856. The lowest BCUT2D eigenvalue weighted by molar-refractivity contribution is -0.387. The molecule has 0 spiro atoms. The molecule has 0 aliphatic carbocycles. The van der Waals surface area contributed by atoms with Crippen LogP contribution in [0.15, 0.2) is 12.3 Å². The van der Waals surface area contributed by atoms with Crippen molar-refractivity contribution in [3.05, 3.63) is 28.5 Å². The van der Waals surface area contributed by atoms with Crippen LogP contribution in [0.3, 0.4) is 0 Å². The van der Waals surface area contributed by atoms with Crippen molar-refractivity contribution in [3.8, 4) is 0 Å². The minimum Gasteiger partial charge on any atom is -0.352 e. The van der Waals surface area contributed by atoms with E-state index in [1.54, 1.807) is 0 Å². The smallest absolute Gasteiger partial charge is 0.352 e. The van der Waals surface area contributed by atoms with Crippen molar-refractivity contribution in [3.63, 3.8) is 0 Å². The molecule has 80 valence electrons. The van der Waals surface area contributed by atoms with E-state index in [1.807, 2.05) is 0 Å². The van der Waals surface area contributed by atoms with Crippen LogP contribution in [-0.4, -0.2) is 4.98 Å². The lowest BCUT2D eigenvalue weighted by atomic mass is 10.2. The quantitative estimate of drug-likeness (QED) is 0.810. The van der Waals surface area contributed by atoms with E-state index in [1.165, 1.54) is 0 Å². The SMILES string of the molecule is Cl.[NH3+]Cc1ncc(C(F)(F)F)cc1Cl. The highest BCUT2D eigenvalue weighted by Gasteiger charge is 2.31. The molecule has 0 aliphatic rings. The molecule has 0 radical (unpaired) electrons. The van der Waals surface area contributed by atoms with Crippen LogP contribution >= 0.6 is 24.0 Å². The summed E-state index contributed by atoms with van der Waals surface area (Å²) in [6.45, 7) is 0.275. The normalized spacial score (nSPS) is 10.9. The first-order chi connectivity index (χ1) is 5.95. The number of hydrogen-bond acceptors (Lipinski definition) is 1.